The van der Waals surface area contributed by atoms with E-state index in [4.69, 9.17) is 0 Å². The summed E-state index contributed by atoms with van der Waals surface area (Å²) in [5.74, 6) is 1.21. The number of pyridine rings is 2. The largest absolute Gasteiger partial charge is 0.384 e. The Kier molecular flexibility index (Phi) is 5.07. The Balaban J connectivity index is 1.65. The highest BCUT2D eigenvalue weighted by molar-refractivity contribution is 5.82. The van der Waals surface area contributed by atoms with E-state index in [0.717, 1.165) is 18.8 Å². The zero-order valence-electron chi connectivity index (χ0n) is 19.3. The number of anilines is 2. The van der Waals surface area contributed by atoms with E-state index in [-0.39, 0.29) is 11.6 Å². The lowest BCUT2D eigenvalue weighted by Gasteiger charge is -2.20. The fourth-order valence-electron chi connectivity index (χ4n) is 4.29. The fourth-order valence-corrected chi connectivity index (χ4v) is 4.29. The van der Waals surface area contributed by atoms with Gasteiger partial charge in [0.25, 0.3) is 5.56 Å². The predicted octanol–water partition coefficient (Wildman–Crippen LogP) is 3.74. The van der Waals surface area contributed by atoms with Crippen LogP contribution in [0.1, 0.15) is 50.6 Å². The highest BCUT2D eigenvalue weighted by Crippen LogP contribution is 2.26. The Morgan fingerprint density at radius 3 is 2.67 bits per heavy atom. The molecule has 0 radical (unpaired) electrons. The zero-order chi connectivity index (χ0) is 23.3. The molecule has 0 saturated heterocycles. The van der Waals surface area contributed by atoms with Crippen molar-refractivity contribution in [2.75, 3.05) is 5.32 Å². The number of fused-ring (bicyclic) bond motifs is 2. The van der Waals surface area contributed by atoms with Gasteiger partial charge in [-0.3, -0.25) is 4.79 Å². The molecular formula is C25H28N6O2. The second kappa shape index (κ2) is 7.83. The lowest BCUT2D eigenvalue weighted by atomic mass is 10.1. The second-order valence-corrected chi connectivity index (χ2v) is 9.29. The number of aliphatic hydroxyl groups is 1. The van der Waals surface area contributed by atoms with Gasteiger partial charge in [-0.05, 0) is 63.1 Å². The first kappa shape index (κ1) is 21.4. The maximum Gasteiger partial charge on any atom is 0.276 e. The summed E-state index contributed by atoms with van der Waals surface area (Å²) in [5.41, 5.74) is 3.54. The maximum atomic E-state index is 13.2. The minimum absolute atomic E-state index is 0.0990. The van der Waals surface area contributed by atoms with Gasteiger partial charge < -0.3 is 15.7 Å². The highest BCUT2D eigenvalue weighted by atomic mass is 16.3. The molecule has 3 aromatic heterocycles. The van der Waals surface area contributed by atoms with Crippen molar-refractivity contribution in [1.82, 2.24) is 24.6 Å². The summed E-state index contributed by atoms with van der Waals surface area (Å²) in [4.78, 5) is 22.4. The standard InChI is InChI=1S/C25H28N6O2/c1-15(2)30-24(32)19-14-27-22(28-18-9-8-16-12-26-13-17(16)10-18)11-20(19)31(30)23-7-5-6-21(29-23)25(3,4)33/h5-11,14-15,26,33H,12-13H2,1-4H3,(H,27,28). The molecule has 1 aliphatic rings. The quantitative estimate of drug-likeness (QED) is 0.434. The van der Waals surface area contributed by atoms with Crippen LogP contribution < -0.4 is 16.2 Å². The van der Waals surface area contributed by atoms with Crippen molar-refractivity contribution in [1.29, 1.82) is 0 Å². The number of aromatic nitrogens is 4. The number of hydrogen-bond acceptors (Lipinski definition) is 6. The van der Waals surface area contributed by atoms with E-state index in [0.29, 0.717) is 28.2 Å². The number of rotatable bonds is 5. The van der Waals surface area contributed by atoms with Crippen molar-refractivity contribution in [2.24, 2.45) is 0 Å². The second-order valence-electron chi connectivity index (χ2n) is 9.29. The first-order valence-corrected chi connectivity index (χ1v) is 11.2. The molecule has 5 rings (SSSR count). The van der Waals surface area contributed by atoms with E-state index >= 15 is 0 Å². The minimum Gasteiger partial charge on any atom is -0.384 e. The third-order valence-corrected chi connectivity index (χ3v) is 5.94. The van der Waals surface area contributed by atoms with Gasteiger partial charge in [0.1, 0.15) is 11.4 Å². The van der Waals surface area contributed by atoms with Crippen LogP contribution in [0.15, 0.2) is 53.5 Å². The van der Waals surface area contributed by atoms with Crippen LogP contribution >= 0.6 is 0 Å². The molecule has 0 spiro atoms. The molecule has 4 aromatic rings. The minimum atomic E-state index is -1.10. The van der Waals surface area contributed by atoms with Crippen molar-refractivity contribution in [3.8, 4) is 5.82 Å². The summed E-state index contributed by atoms with van der Waals surface area (Å²) < 4.78 is 3.49. The molecule has 0 amide bonds. The van der Waals surface area contributed by atoms with Crippen LogP contribution in [0.4, 0.5) is 11.5 Å². The van der Waals surface area contributed by atoms with Crippen molar-refractivity contribution >= 4 is 22.4 Å². The molecule has 0 unspecified atom stereocenters. The summed E-state index contributed by atoms with van der Waals surface area (Å²) in [6.07, 6.45) is 1.62. The van der Waals surface area contributed by atoms with Crippen LogP contribution in [0.5, 0.6) is 0 Å². The molecule has 0 fully saturated rings. The van der Waals surface area contributed by atoms with Gasteiger partial charge in [-0.15, -0.1) is 0 Å². The van der Waals surface area contributed by atoms with E-state index in [2.05, 4.69) is 32.7 Å². The van der Waals surface area contributed by atoms with E-state index in [1.807, 2.05) is 42.8 Å². The molecule has 0 saturated carbocycles. The van der Waals surface area contributed by atoms with E-state index in [9.17, 15) is 9.90 Å². The maximum absolute atomic E-state index is 13.2. The molecule has 170 valence electrons. The summed E-state index contributed by atoms with van der Waals surface area (Å²) >= 11 is 0. The van der Waals surface area contributed by atoms with Gasteiger partial charge in [0.15, 0.2) is 5.82 Å². The lowest BCUT2D eigenvalue weighted by molar-refractivity contribution is 0.0738. The average molecular weight is 445 g/mol. The predicted molar refractivity (Wildman–Crippen MR) is 129 cm³/mol. The number of nitrogens with one attached hydrogen (secondary N) is 2. The molecule has 1 aliphatic heterocycles. The topological polar surface area (TPSA) is 97.0 Å². The molecule has 3 N–H and O–H groups in total. The molecule has 1 aromatic carbocycles. The van der Waals surface area contributed by atoms with Crippen LogP contribution in [-0.2, 0) is 18.7 Å². The van der Waals surface area contributed by atoms with E-state index in [1.165, 1.54) is 11.1 Å². The molecule has 0 bridgehead atoms. The summed E-state index contributed by atoms with van der Waals surface area (Å²) in [5, 5.41) is 17.7. The van der Waals surface area contributed by atoms with E-state index in [1.54, 1.807) is 30.8 Å². The molecule has 8 heteroatoms. The number of benzene rings is 1. The molecular weight excluding hydrogens is 416 g/mol. The van der Waals surface area contributed by atoms with Gasteiger partial charge >= 0.3 is 0 Å². The highest BCUT2D eigenvalue weighted by Gasteiger charge is 2.22. The molecule has 4 heterocycles. The smallest absolute Gasteiger partial charge is 0.276 e. The van der Waals surface area contributed by atoms with E-state index < -0.39 is 5.60 Å². The van der Waals surface area contributed by atoms with Gasteiger partial charge in [0, 0.05) is 37.1 Å². The molecule has 33 heavy (non-hydrogen) atoms. The Bertz CT molecular complexity index is 1410. The van der Waals surface area contributed by atoms with Crippen LogP contribution in [0.2, 0.25) is 0 Å². The van der Waals surface area contributed by atoms with Gasteiger partial charge in [-0.25, -0.2) is 19.3 Å². The average Bonchev–Trinajstić information content (AvgIpc) is 3.35. The Hall–Kier alpha value is -3.49. The van der Waals surface area contributed by atoms with Crippen molar-refractivity contribution in [3.05, 3.63) is 75.8 Å². The first-order chi connectivity index (χ1) is 15.7. The van der Waals surface area contributed by atoms with Crippen LogP contribution in [-0.4, -0.2) is 24.4 Å². The lowest BCUT2D eigenvalue weighted by Crippen LogP contribution is -2.25. The molecule has 0 atom stereocenters. The van der Waals surface area contributed by atoms with Gasteiger partial charge in [0.2, 0.25) is 0 Å². The van der Waals surface area contributed by atoms with Gasteiger partial charge in [-0.2, -0.15) is 0 Å². The first-order valence-electron chi connectivity index (χ1n) is 11.2. The van der Waals surface area contributed by atoms with Crippen molar-refractivity contribution in [3.63, 3.8) is 0 Å². The van der Waals surface area contributed by atoms with Crippen molar-refractivity contribution in [2.45, 2.75) is 52.4 Å². The number of nitrogens with zero attached hydrogens (tertiary/aromatic N) is 4. The van der Waals surface area contributed by atoms with Gasteiger partial charge in [0.05, 0.1) is 16.6 Å². The van der Waals surface area contributed by atoms with Gasteiger partial charge in [-0.1, -0.05) is 12.1 Å². The van der Waals surface area contributed by atoms with Crippen LogP contribution in [0.25, 0.3) is 16.7 Å². The third kappa shape index (κ3) is 3.81. The summed E-state index contributed by atoms with van der Waals surface area (Å²) in [7, 11) is 0. The Morgan fingerprint density at radius 1 is 1.12 bits per heavy atom. The van der Waals surface area contributed by atoms with Crippen molar-refractivity contribution < 1.29 is 5.11 Å². The zero-order valence-corrected chi connectivity index (χ0v) is 19.3. The monoisotopic (exact) mass is 444 g/mol. The SMILES string of the molecule is CC(C)n1c(=O)c2cnc(Nc3ccc4c(c3)CNC4)cc2n1-c1cccc(C(C)(C)O)n1. The third-order valence-electron chi connectivity index (χ3n) is 5.94. The normalized spacial score (nSPS) is 13.6. The van der Waals surface area contributed by atoms with Crippen LogP contribution in [0, 0.1) is 0 Å². The van der Waals surface area contributed by atoms with Crippen LogP contribution in [0.3, 0.4) is 0 Å². The Labute approximate surface area is 191 Å². The Morgan fingerprint density at radius 2 is 1.91 bits per heavy atom. The fraction of sp³-hybridized carbons (Fsp3) is 0.320. The molecule has 8 nitrogen and oxygen atoms in total. The molecule has 0 aliphatic carbocycles. The number of hydrogen-bond donors (Lipinski definition) is 3. The summed E-state index contributed by atoms with van der Waals surface area (Å²) in [6, 6.07) is 13.5. The summed E-state index contributed by atoms with van der Waals surface area (Å²) in [6.45, 7) is 9.06.